The monoisotopic (exact) mass is 243 g/mol. The van der Waals surface area contributed by atoms with Crippen LogP contribution in [0, 0.1) is 0 Å². The highest BCUT2D eigenvalue weighted by Crippen LogP contribution is 2.18. The van der Waals surface area contributed by atoms with Crippen LogP contribution in [0.1, 0.15) is 10.5 Å². The number of carboxylic acids is 1. The van der Waals surface area contributed by atoms with Crippen molar-refractivity contribution in [2.24, 2.45) is 16.5 Å². The minimum atomic E-state index is -1.13. The van der Waals surface area contributed by atoms with E-state index >= 15 is 0 Å². The Morgan fingerprint density at radius 1 is 1.56 bits per heavy atom. The highest BCUT2D eigenvalue weighted by atomic mass is 32.1. The Bertz CT molecular complexity index is 437. The number of guanidine groups is 1. The molecule has 1 amide bonds. The van der Waals surface area contributed by atoms with E-state index in [1.54, 1.807) is 0 Å². The molecule has 0 aliphatic carbocycles. The fourth-order valence-electron chi connectivity index (χ4n) is 0.777. The molecule has 1 heterocycles. The molecule has 0 aromatic carbocycles. The molecule has 0 saturated carbocycles. The molecular formula is C7H9N5O3S. The smallest absolute Gasteiger partial charge is 0.322 e. The van der Waals surface area contributed by atoms with E-state index in [1.165, 1.54) is 5.38 Å². The number of aliphatic carboxylic acids is 1. The zero-order valence-electron chi connectivity index (χ0n) is 8.01. The van der Waals surface area contributed by atoms with E-state index in [0.717, 1.165) is 11.3 Å². The normalized spacial score (nSPS) is 9.50. The molecule has 9 heteroatoms. The number of thiazole rings is 1. The van der Waals surface area contributed by atoms with Crippen LogP contribution in [0.2, 0.25) is 0 Å². The van der Waals surface area contributed by atoms with Crippen molar-refractivity contribution in [2.75, 3.05) is 6.54 Å². The second-order valence-electron chi connectivity index (χ2n) is 2.63. The first-order chi connectivity index (χ1) is 7.49. The van der Waals surface area contributed by atoms with Gasteiger partial charge in [0.15, 0.2) is 5.96 Å². The number of carbonyl (C=O) groups excluding carboxylic acids is 1. The summed E-state index contributed by atoms with van der Waals surface area (Å²) in [5, 5.41) is 12.2. The van der Waals surface area contributed by atoms with Crippen LogP contribution in [0.25, 0.3) is 0 Å². The number of carboxylic acid groups (broad SMARTS) is 1. The molecule has 8 nitrogen and oxygen atoms in total. The summed E-state index contributed by atoms with van der Waals surface area (Å²) < 4.78 is 0. The van der Waals surface area contributed by atoms with Crippen molar-refractivity contribution in [1.82, 2.24) is 10.3 Å². The molecule has 0 unspecified atom stereocenters. The van der Waals surface area contributed by atoms with Crippen molar-refractivity contribution in [1.29, 1.82) is 0 Å². The highest BCUT2D eigenvalue weighted by molar-refractivity contribution is 7.13. The molecule has 0 fully saturated rings. The van der Waals surface area contributed by atoms with Crippen molar-refractivity contribution in [3.05, 3.63) is 11.1 Å². The van der Waals surface area contributed by atoms with E-state index in [1.807, 2.05) is 0 Å². The molecule has 6 N–H and O–H groups in total. The lowest BCUT2D eigenvalue weighted by Crippen LogP contribution is -2.29. The van der Waals surface area contributed by atoms with Crippen molar-refractivity contribution >= 4 is 34.3 Å². The van der Waals surface area contributed by atoms with Crippen LogP contribution in [0.3, 0.4) is 0 Å². The fraction of sp³-hybridized carbons (Fsp3) is 0.143. The Labute approximate surface area is 94.0 Å². The lowest BCUT2D eigenvalue weighted by Gasteiger charge is -1.97. The van der Waals surface area contributed by atoms with Crippen molar-refractivity contribution in [3.8, 4) is 0 Å². The van der Waals surface area contributed by atoms with Crippen molar-refractivity contribution < 1.29 is 14.7 Å². The van der Waals surface area contributed by atoms with Crippen LogP contribution in [-0.2, 0) is 4.79 Å². The first-order valence-electron chi connectivity index (χ1n) is 4.04. The summed E-state index contributed by atoms with van der Waals surface area (Å²) >= 11 is 1.07. The maximum absolute atomic E-state index is 11.3. The number of aliphatic imine (C=N–C) groups is 1. The molecule has 0 aliphatic heterocycles. The largest absolute Gasteiger partial charge is 0.480 e. The summed E-state index contributed by atoms with van der Waals surface area (Å²) in [7, 11) is 0. The molecule has 16 heavy (non-hydrogen) atoms. The van der Waals surface area contributed by atoms with E-state index in [0.29, 0.717) is 0 Å². The van der Waals surface area contributed by atoms with Crippen LogP contribution < -0.4 is 16.8 Å². The predicted molar refractivity (Wildman–Crippen MR) is 57.6 cm³/mol. The second kappa shape index (κ2) is 5.07. The first-order valence-corrected chi connectivity index (χ1v) is 4.92. The maximum atomic E-state index is 11.3. The van der Waals surface area contributed by atoms with Crippen LogP contribution >= 0.6 is 11.3 Å². The predicted octanol–water partition coefficient (Wildman–Crippen LogP) is -1.14. The number of aromatic nitrogens is 1. The Morgan fingerprint density at radius 2 is 2.25 bits per heavy atom. The van der Waals surface area contributed by atoms with Crippen LogP contribution in [0.15, 0.2) is 10.4 Å². The van der Waals surface area contributed by atoms with Gasteiger partial charge < -0.3 is 21.9 Å². The quantitative estimate of drug-likeness (QED) is 0.388. The third-order valence-electron chi connectivity index (χ3n) is 1.35. The molecule has 0 saturated heterocycles. The van der Waals surface area contributed by atoms with Gasteiger partial charge in [-0.15, -0.1) is 11.3 Å². The SMILES string of the molecule is NC(N)=Nc1nc(C(=O)NCC(=O)O)cs1. The number of nitrogens with two attached hydrogens (primary N) is 2. The van der Waals surface area contributed by atoms with Crippen LogP contribution in [0.4, 0.5) is 5.13 Å². The van der Waals surface area contributed by atoms with E-state index < -0.39 is 18.4 Å². The van der Waals surface area contributed by atoms with E-state index in [9.17, 15) is 9.59 Å². The zero-order chi connectivity index (χ0) is 12.1. The third-order valence-corrected chi connectivity index (χ3v) is 2.08. The summed E-state index contributed by atoms with van der Waals surface area (Å²) in [5.41, 5.74) is 10.3. The summed E-state index contributed by atoms with van der Waals surface area (Å²) in [6, 6.07) is 0. The number of rotatable bonds is 4. The molecule has 1 aromatic rings. The zero-order valence-corrected chi connectivity index (χ0v) is 8.82. The topological polar surface area (TPSA) is 144 Å². The number of hydrogen-bond donors (Lipinski definition) is 4. The Morgan fingerprint density at radius 3 is 2.81 bits per heavy atom. The van der Waals surface area contributed by atoms with Gasteiger partial charge in [0.05, 0.1) is 0 Å². The fourth-order valence-corrected chi connectivity index (χ4v) is 1.46. The minimum absolute atomic E-state index is 0.0752. The number of carbonyl (C=O) groups is 2. The molecule has 0 radical (unpaired) electrons. The van der Waals surface area contributed by atoms with Crippen LogP contribution in [0.5, 0.6) is 0 Å². The van der Waals surface area contributed by atoms with Gasteiger partial charge in [0.2, 0.25) is 5.13 Å². The van der Waals surface area contributed by atoms with Gasteiger partial charge in [-0.1, -0.05) is 0 Å². The standard InChI is InChI=1S/C7H9N5O3S/c8-6(9)12-7-11-3(2-16-7)5(15)10-1-4(13)14/h2H,1H2,(H,10,15)(H,13,14)(H4,8,9,11,12). The number of hydrogen-bond acceptors (Lipinski definition) is 5. The first kappa shape index (κ1) is 11.9. The average molecular weight is 243 g/mol. The van der Waals surface area contributed by atoms with Gasteiger partial charge in [0, 0.05) is 5.38 Å². The third kappa shape index (κ3) is 3.53. The second-order valence-corrected chi connectivity index (χ2v) is 3.46. The highest BCUT2D eigenvalue weighted by Gasteiger charge is 2.11. The van der Waals surface area contributed by atoms with E-state index in [4.69, 9.17) is 16.6 Å². The van der Waals surface area contributed by atoms with E-state index in [2.05, 4.69) is 15.3 Å². The summed E-state index contributed by atoms with van der Waals surface area (Å²) in [5.74, 6) is -1.88. The molecule has 1 aromatic heterocycles. The van der Waals surface area contributed by atoms with Crippen molar-refractivity contribution in [2.45, 2.75) is 0 Å². The van der Waals surface area contributed by atoms with Gasteiger partial charge in [0.1, 0.15) is 12.2 Å². The lowest BCUT2D eigenvalue weighted by atomic mass is 10.4. The lowest BCUT2D eigenvalue weighted by molar-refractivity contribution is -0.135. The van der Waals surface area contributed by atoms with Gasteiger partial charge in [-0.05, 0) is 0 Å². The van der Waals surface area contributed by atoms with Gasteiger partial charge in [-0.25, -0.2) is 4.98 Å². The van der Waals surface area contributed by atoms with Gasteiger partial charge in [0.25, 0.3) is 5.91 Å². The summed E-state index contributed by atoms with van der Waals surface area (Å²) in [6.45, 7) is -0.464. The molecule has 86 valence electrons. The summed E-state index contributed by atoms with van der Waals surface area (Å²) in [4.78, 5) is 28.9. The van der Waals surface area contributed by atoms with Gasteiger partial charge >= 0.3 is 5.97 Å². The summed E-state index contributed by atoms with van der Waals surface area (Å²) in [6.07, 6.45) is 0. The molecule has 0 aliphatic rings. The van der Waals surface area contributed by atoms with E-state index in [-0.39, 0.29) is 16.8 Å². The number of nitrogens with one attached hydrogen (secondary N) is 1. The van der Waals surface area contributed by atoms with Gasteiger partial charge in [-0.2, -0.15) is 4.99 Å². The molecule has 0 spiro atoms. The Hall–Kier alpha value is -2.16. The average Bonchev–Trinajstić information content (AvgIpc) is 2.61. The Balaban J connectivity index is 2.67. The van der Waals surface area contributed by atoms with Crippen LogP contribution in [-0.4, -0.2) is 34.5 Å². The molecule has 0 atom stereocenters. The number of nitrogens with zero attached hydrogens (tertiary/aromatic N) is 2. The molecule has 1 rings (SSSR count). The number of amides is 1. The van der Waals surface area contributed by atoms with Gasteiger partial charge in [-0.3, -0.25) is 9.59 Å². The Kier molecular flexibility index (Phi) is 3.78. The maximum Gasteiger partial charge on any atom is 0.322 e. The molecule has 0 bridgehead atoms. The minimum Gasteiger partial charge on any atom is -0.480 e. The van der Waals surface area contributed by atoms with Crippen molar-refractivity contribution in [3.63, 3.8) is 0 Å². The molecular weight excluding hydrogens is 234 g/mol.